The third-order valence-electron chi connectivity index (χ3n) is 3.74. The second kappa shape index (κ2) is 9.20. The lowest BCUT2D eigenvalue weighted by Gasteiger charge is -2.20. The summed E-state index contributed by atoms with van der Waals surface area (Å²) in [4.78, 5) is 40.2. The van der Waals surface area contributed by atoms with Gasteiger partial charge in [-0.3, -0.25) is 9.59 Å². The summed E-state index contributed by atoms with van der Waals surface area (Å²) in [5.41, 5.74) is 0.881. The van der Waals surface area contributed by atoms with E-state index in [2.05, 4.69) is 30.6 Å². The second-order valence-electron chi connectivity index (χ2n) is 5.59. The maximum Gasteiger partial charge on any atom is 0.272 e. The van der Waals surface area contributed by atoms with Crippen LogP contribution in [0.15, 0.2) is 55.4 Å². The Morgan fingerprint density at radius 3 is 2.04 bits per heavy atom. The standard InChI is InChI=1S/C18H14Cl2N6O2/c19-12-6-21-9-24-15(12)17(27)23-8-14(11-4-2-1-3-5-11)26-18(28)16-13(20)7-22-10-25-16/h1-7,9-10,14H,8H2,(H,23,27)(H,26,28). The first-order chi connectivity index (χ1) is 13.6. The molecule has 3 aromatic rings. The number of nitrogens with zero attached hydrogens (tertiary/aromatic N) is 4. The third kappa shape index (κ3) is 4.79. The van der Waals surface area contributed by atoms with Crippen molar-refractivity contribution in [1.82, 2.24) is 30.6 Å². The summed E-state index contributed by atoms with van der Waals surface area (Å²) in [7, 11) is 0. The van der Waals surface area contributed by atoms with Crippen molar-refractivity contribution in [2.24, 2.45) is 0 Å². The molecule has 142 valence electrons. The number of aromatic nitrogens is 4. The topological polar surface area (TPSA) is 110 Å². The summed E-state index contributed by atoms with van der Waals surface area (Å²) in [5, 5.41) is 5.79. The SMILES string of the molecule is O=C(NCC(NC(=O)c1ncncc1Cl)c1ccccc1)c1ncncc1Cl. The van der Waals surface area contributed by atoms with E-state index in [0.717, 1.165) is 5.56 Å². The van der Waals surface area contributed by atoms with Crippen LogP contribution in [-0.2, 0) is 0 Å². The van der Waals surface area contributed by atoms with Gasteiger partial charge < -0.3 is 10.6 Å². The summed E-state index contributed by atoms with van der Waals surface area (Å²) in [6.45, 7) is 0.0949. The van der Waals surface area contributed by atoms with Crippen LogP contribution in [0.4, 0.5) is 0 Å². The molecule has 2 aromatic heterocycles. The molecule has 1 aromatic carbocycles. The molecule has 0 saturated carbocycles. The van der Waals surface area contributed by atoms with Crippen molar-refractivity contribution in [2.45, 2.75) is 6.04 Å². The van der Waals surface area contributed by atoms with E-state index in [1.165, 1.54) is 25.0 Å². The molecule has 0 fully saturated rings. The van der Waals surface area contributed by atoms with Crippen LogP contribution >= 0.6 is 23.2 Å². The van der Waals surface area contributed by atoms with Crippen molar-refractivity contribution in [1.29, 1.82) is 0 Å². The molecule has 2 N–H and O–H groups in total. The van der Waals surface area contributed by atoms with Gasteiger partial charge >= 0.3 is 0 Å². The minimum Gasteiger partial charge on any atom is -0.348 e. The highest BCUT2D eigenvalue weighted by Crippen LogP contribution is 2.16. The largest absolute Gasteiger partial charge is 0.348 e. The first-order valence-electron chi connectivity index (χ1n) is 8.11. The fraction of sp³-hybridized carbons (Fsp3) is 0.111. The summed E-state index contributed by atoms with van der Waals surface area (Å²) in [6.07, 6.45) is 5.13. The van der Waals surface area contributed by atoms with Crippen molar-refractivity contribution in [3.63, 3.8) is 0 Å². The minimum absolute atomic E-state index is 0.0442. The average Bonchev–Trinajstić information content (AvgIpc) is 2.72. The molecule has 0 radical (unpaired) electrons. The highest BCUT2D eigenvalue weighted by atomic mass is 35.5. The predicted octanol–water partition coefficient (Wildman–Crippen LogP) is 2.47. The maximum atomic E-state index is 12.6. The van der Waals surface area contributed by atoms with Gasteiger partial charge in [0.25, 0.3) is 11.8 Å². The van der Waals surface area contributed by atoms with Crippen molar-refractivity contribution in [2.75, 3.05) is 6.54 Å². The molecule has 28 heavy (non-hydrogen) atoms. The molecule has 1 atom stereocenters. The van der Waals surface area contributed by atoms with Gasteiger partial charge in [-0.2, -0.15) is 0 Å². The number of nitrogens with one attached hydrogen (secondary N) is 2. The van der Waals surface area contributed by atoms with Gasteiger partial charge in [0, 0.05) is 18.9 Å². The quantitative estimate of drug-likeness (QED) is 0.638. The average molecular weight is 417 g/mol. The van der Waals surface area contributed by atoms with Crippen LogP contribution in [0, 0.1) is 0 Å². The lowest BCUT2D eigenvalue weighted by molar-refractivity contribution is 0.0903. The summed E-state index contributed by atoms with van der Waals surface area (Å²) >= 11 is 11.9. The first-order valence-corrected chi connectivity index (χ1v) is 8.87. The van der Waals surface area contributed by atoms with E-state index in [1.54, 1.807) is 0 Å². The molecule has 3 rings (SSSR count). The van der Waals surface area contributed by atoms with Crippen LogP contribution in [0.2, 0.25) is 10.0 Å². The molecule has 0 bridgehead atoms. The summed E-state index contributed by atoms with van der Waals surface area (Å²) in [6, 6.07) is 8.63. The van der Waals surface area contributed by atoms with E-state index in [9.17, 15) is 9.59 Å². The Balaban J connectivity index is 1.77. The third-order valence-corrected chi connectivity index (χ3v) is 4.29. The number of hydrogen-bond donors (Lipinski definition) is 2. The molecular formula is C18H14Cl2N6O2. The lowest BCUT2D eigenvalue weighted by atomic mass is 10.1. The zero-order chi connectivity index (χ0) is 19.9. The fourth-order valence-corrected chi connectivity index (χ4v) is 2.78. The van der Waals surface area contributed by atoms with Crippen LogP contribution in [0.1, 0.15) is 32.6 Å². The van der Waals surface area contributed by atoms with Crippen LogP contribution in [0.5, 0.6) is 0 Å². The molecular weight excluding hydrogens is 403 g/mol. The van der Waals surface area contributed by atoms with E-state index in [1.807, 2.05) is 30.3 Å². The molecule has 0 spiro atoms. The normalized spacial score (nSPS) is 11.5. The van der Waals surface area contributed by atoms with Gasteiger partial charge in [-0.15, -0.1) is 0 Å². The Bertz CT molecular complexity index is 987. The van der Waals surface area contributed by atoms with E-state index in [0.29, 0.717) is 0 Å². The zero-order valence-corrected chi connectivity index (χ0v) is 15.9. The van der Waals surface area contributed by atoms with E-state index < -0.39 is 17.9 Å². The molecule has 2 heterocycles. The maximum absolute atomic E-state index is 12.6. The van der Waals surface area contributed by atoms with Crippen molar-refractivity contribution in [3.05, 3.63) is 82.4 Å². The predicted molar refractivity (Wildman–Crippen MR) is 103 cm³/mol. The van der Waals surface area contributed by atoms with E-state index in [-0.39, 0.29) is 28.0 Å². The van der Waals surface area contributed by atoms with E-state index in [4.69, 9.17) is 23.2 Å². The van der Waals surface area contributed by atoms with Crippen LogP contribution in [0.3, 0.4) is 0 Å². The van der Waals surface area contributed by atoms with Gasteiger partial charge in [-0.05, 0) is 5.56 Å². The number of rotatable bonds is 6. The highest BCUT2D eigenvalue weighted by molar-refractivity contribution is 6.33. The summed E-state index contributed by atoms with van der Waals surface area (Å²) in [5.74, 6) is -0.974. The molecule has 1 unspecified atom stereocenters. The Morgan fingerprint density at radius 1 is 0.893 bits per heavy atom. The number of carbonyl (C=O) groups excluding carboxylic acids is 2. The van der Waals surface area contributed by atoms with Gasteiger partial charge in [-0.25, -0.2) is 19.9 Å². The second-order valence-corrected chi connectivity index (χ2v) is 6.40. The highest BCUT2D eigenvalue weighted by Gasteiger charge is 2.20. The number of amides is 2. The Morgan fingerprint density at radius 2 is 1.46 bits per heavy atom. The van der Waals surface area contributed by atoms with Gasteiger partial charge in [0.1, 0.15) is 24.0 Å². The monoisotopic (exact) mass is 416 g/mol. The zero-order valence-electron chi connectivity index (χ0n) is 14.3. The Labute approximate surface area is 170 Å². The minimum atomic E-state index is -0.538. The van der Waals surface area contributed by atoms with Crippen LogP contribution < -0.4 is 10.6 Å². The molecule has 8 nitrogen and oxygen atoms in total. The van der Waals surface area contributed by atoms with Crippen LogP contribution in [-0.4, -0.2) is 38.3 Å². The fourth-order valence-electron chi connectivity index (χ4n) is 2.40. The molecule has 10 heteroatoms. The lowest BCUT2D eigenvalue weighted by Crippen LogP contribution is -2.38. The molecule has 0 aliphatic rings. The molecule has 2 amide bonds. The van der Waals surface area contributed by atoms with Gasteiger partial charge in [0.15, 0.2) is 0 Å². The van der Waals surface area contributed by atoms with Gasteiger partial charge in [0.05, 0.1) is 16.1 Å². The summed E-state index contributed by atoms with van der Waals surface area (Å²) < 4.78 is 0. The smallest absolute Gasteiger partial charge is 0.272 e. The van der Waals surface area contributed by atoms with Gasteiger partial charge in [0.2, 0.25) is 0 Å². The van der Waals surface area contributed by atoms with Crippen molar-refractivity contribution >= 4 is 35.0 Å². The number of halogens is 2. The molecule has 0 aliphatic carbocycles. The van der Waals surface area contributed by atoms with Gasteiger partial charge in [-0.1, -0.05) is 53.5 Å². The Hall–Kier alpha value is -3.10. The molecule has 0 aliphatic heterocycles. The van der Waals surface area contributed by atoms with Crippen LogP contribution in [0.25, 0.3) is 0 Å². The van der Waals surface area contributed by atoms with E-state index >= 15 is 0 Å². The number of carbonyl (C=O) groups is 2. The molecule has 0 saturated heterocycles. The Kier molecular flexibility index (Phi) is 6.46. The number of benzene rings is 1. The van der Waals surface area contributed by atoms with Crippen molar-refractivity contribution < 1.29 is 9.59 Å². The number of hydrogen-bond acceptors (Lipinski definition) is 6. The first kappa shape index (κ1) is 19.7. The van der Waals surface area contributed by atoms with Crippen molar-refractivity contribution in [3.8, 4) is 0 Å².